The highest BCUT2D eigenvalue weighted by molar-refractivity contribution is 6.71. The summed E-state index contributed by atoms with van der Waals surface area (Å²) in [7, 11) is 0. The molecule has 0 spiro atoms. The average molecular weight is 346 g/mol. The number of hydrogen-bond donors (Lipinski definition) is 1. The van der Waals surface area contributed by atoms with Crippen molar-refractivity contribution in [1.29, 1.82) is 0 Å². The normalized spacial score (nSPS) is 11.3. The minimum Gasteiger partial charge on any atom is -0.446 e. The largest absolute Gasteiger partial charge is 0.446 e. The van der Waals surface area contributed by atoms with Gasteiger partial charge in [0.15, 0.2) is 0 Å². The Morgan fingerprint density at radius 2 is 1.11 bits per heavy atom. The van der Waals surface area contributed by atoms with Crippen LogP contribution in [0.2, 0.25) is 6.82 Å². The minimum atomic E-state index is -0.523. The fourth-order valence-corrected chi connectivity index (χ4v) is 4.27. The first-order chi connectivity index (χ1) is 13.2. The SMILES string of the molecule is CB(O)c1c2ccccc2c(-c2ccc3ccccc3c2)c2ccccc12. The lowest BCUT2D eigenvalue weighted by Crippen LogP contribution is -2.28. The summed E-state index contributed by atoms with van der Waals surface area (Å²) < 4.78 is 0. The van der Waals surface area contributed by atoms with E-state index >= 15 is 0 Å². The Morgan fingerprint density at radius 1 is 0.593 bits per heavy atom. The third-order valence-corrected chi connectivity index (χ3v) is 5.43. The van der Waals surface area contributed by atoms with E-state index in [9.17, 15) is 5.02 Å². The average Bonchev–Trinajstić information content (AvgIpc) is 2.71. The van der Waals surface area contributed by atoms with Crippen molar-refractivity contribution < 1.29 is 5.02 Å². The molecule has 5 aromatic rings. The molecule has 1 nitrogen and oxygen atoms in total. The van der Waals surface area contributed by atoms with E-state index in [2.05, 4.69) is 78.9 Å². The molecule has 0 aliphatic rings. The summed E-state index contributed by atoms with van der Waals surface area (Å²) >= 11 is 0. The van der Waals surface area contributed by atoms with Gasteiger partial charge in [-0.2, -0.15) is 0 Å². The Kier molecular flexibility index (Phi) is 3.73. The van der Waals surface area contributed by atoms with Gasteiger partial charge in [-0.25, -0.2) is 0 Å². The van der Waals surface area contributed by atoms with Crippen LogP contribution in [-0.4, -0.2) is 11.9 Å². The predicted octanol–water partition coefficient (Wildman–Crippen LogP) is 5.63. The van der Waals surface area contributed by atoms with E-state index in [1.807, 2.05) is 19.0 Å². The summed E-state index contributed by atoms with van der Waals surface area (Å²) in [5, 5.41) is 17.6. The molecule has 27 heavy (non-hydrogen) atoms. The standard InChI is InChI=1S/C25H19BO/c1-26(27)25-22-12-6-4-10-20(22)24(21-11-5-7-13-23(21)25)19-15-14-17-8-2-3-9-18(17)16-19/h2-16,27H,1H3. The summed E-state index contributed by atoms with van der Waals surface area (Å²) in [6.07, 6.45) is 0. The van der Waals surface area contributed by atoms with Gasteiger partial charge in [-0.05, 0) is 55.0 Å². The van der Waals surface area contributed by atoms with Crippen molar-refractivity contribution in [2.24, 2.45) is 0 Å². The van der Waals surface area contributed by atoms with Crippen molar-refractivity contribution >= 4 is 44.7 Å². The fraction of sp³-hybridized carbons (Fsp3) is 0.0400. The van der Waals surface area contributed by atoms with Crippen molar-refractivity contribution in [2.45, 2.75) is 6.82 Å². The zero-order valence-corrected chi connectivity index (χ0v) is 15.2. The van der Waals surface area contributed by atoms with Gasteiger partial charge in [0, 0.05) is 0 Å². The van der Waals surface area contributed by atoms with Crippen LogP contribution in [0, 0.1) is 0 Å². The summed E-state index contributed by atoms with van der Waals surface area (Å²) in [6, 6.07) is 31.9. The number of benzene rings is 5. The Morgan fingerprint density at radius 3 is 1.70 bits per heavy atom. The zero-order valence-electron chi connectivity index (χ0n) is 15.2. The van der Waals surface area contributed by atoms with Crippen molar-refractivity contribution in [3.8, 4) is 11.1 Å². The first kappa shape index (κ1) is 16.1. The van der Waals surface area contributed by atoms with E-state index in [1.54, 1.807) is 0 Å². The molecule has 0 saturated heterocycles. The molecule has 0 bridgehead atoms. The highest BCUT2D eigenvalue weighted by Crippen LogP contribution is 2.36. The molecule has 1 N–H and O–H groups in total. The molecule has 0 aliphatic carbocycles. The minimum absolute atomic E-state index is 0.523. The van der Waals surface area contributed by atoms with Crippen molar-refractivity contribution in [3.63, 3.8) is 0 Å². The Hall–Kier alpha value is -3.10. The molecular weight excluding hydrogens is 327 g/mol. The molecule has 0 amide bonds. The van der Waals surface area contributed by atoms with Crippen molar-refractivity contribution in [3.05, 3.63) is 91.0 Å². The third-order valence-electron chi connectivity index (χ3n) is 5.43. The molecule has 0 heterocycles. The highest BCUT2D eigenvalue weighted by Gasteiger charge is 2.19. The molecule has 128 valence electrons. The van der Waals surface area contributed by atoms with E-state index in [1.165, 1.54) is 32.7 Å². The Labute approximate surface area is 159 Å². The van der Waals surface area contributed by atoms with Gasteiger partial charge in [-0.1, -0.05) is 91.8 Å². The lowest BCUT2D eigenvalue weighted by atomic mass is 9.60. The van der Waals surface area contributed by atoms with Crippen LogP contribution in [0.4, 0.5) is 0 Å². The topological polar surface area (TPSA) is 20.2 Å². The quantitative estimate of drug-likeness (QED) is 0.324. The Balaban J connectivity index is 1.97. The second-order valence-electron chi connectivity index (χ2n) is 7.12. The summed E-state index contributed by atoms with van der Waals surface area (Å²) in [5.74, 6) is 0. The van der Waals surface area contributed by atoms with Gasteiger partial charge >= 0.3 is 6.92 Å². The predicted molar refractivity (Wildman–Crippen MR) is 118 cm³/mol. The second kappa shape index (κ2) is 6.26. The van der Waals surface area contributed by atoms with E-state index in [0.717, 1.165) is 16.2 Å². The Bertz CT molecular complexity index is 1250. The first-order valence-corrected chi connectivity index (χ1v) is 9.34. The molecular formula is C25H19BO. The molecule has 0 radical (unpaired) electrons. The highest BCUT2D eigenvalue weighted by atomic mass is 16.2. The second-order valence-corrected chi connectivity index (χ2v) is 7.12. The maximum absolute atomic E-state index is 10.5. The van der Waals surface area contributed by atoms with Gasteiger partial charge < -0.3 is 5.02 Å². The van der Waals surface area contributed by atoms with Gasteiger partial charge in [0.1, 0.15) is 0 Å². The van der Waals surface area contributed by atoms with Crippen molar-refractivity contribution in [1.82, 2.24) is 0 Å². The van der Waals surface area contributed by atoms with E-state index in [0.29, 0.717) is 0 Å². The van der Waals surface area contributed by atoms with Gasteiger partial charge in [0.05, 0.1) is 0 Å². The molecule has 0 atom stereocenters. The van der Waals surface area contributed by atoms with Crippen LogP contribution in [0.25, 0.3) is 43.4 Å². The molecule has 0 unspecified atom stereocenters. The van der Waals surface area contributed by atoms with E-state index in [4.69, 9.17) is 0 Å². The molecule has 2 heteroatoms. The maximum atomic E-state index is 10.5. The lowest BCUT2D eigenvalue weighted by Gasteiger charge is -2.18. The molecule has 5 rings (SSSR count). The summed E-state index contributed by atoms with van der Waals surface area (Å²) in [4.78, 5) is 0. The summed E-state index contributed by atoms with van der Waals surface area (Å²) in [6.45, 7) is 1.33. The molecule has 0 saturated carbocycles. The van der Waals surface area contributed by atoms with Crippen LogP contribution < -0.4 is 5.46 Å². The van der Waals surface area contributed by atoms with Gasteiger partial charge in [0.2, 0.25) is 0 Å². The third kappa shape index (κ3) is 2.53. The van der Waals surface area contributed by atoms with Gasteiger partial charge in [0.25, 0.3) is 0 Å². The fourth-order valence-electron chi connectivity index (χ4n) is 4.27. The number of rotatable bonds is 2. The molecule has 0 fully saturated rings. The van der Waals surface area contributed by atoms with E-state index < -0.39 is 6.92 Å². The maximum Gasteiger partial charge on any atom is 0.321 e. The van der Waals surface area contributed by atoms with Crippen LogP contribution in [0.5, 0.6) is 0 Å². The number of fused-ring (bicyclic) bond motifs is 3. The number of hydrogen-bond acceptors (Lipinski definition) is 1. The van der Waals surface area contributed by atoms with Crippen LogP contribution >= 0.6 is 0 Å². The van der Waals surface area contributed by atoms with Crippen LogP contribution in [0.1, 0.15) is 0 Å². The van der Waals surface area contributed by atoms with Gasteiger partial charge in [-0.15, -0.1) is 0 Å². The van der Waals surface area contributed by atoms with Gasteiger partial charge in [-0.3, -0.25) is 0 Å². The van der Waals surface area contributed by atoms with Crippen LogP contribution in [-0.2, 0) is 0 Å². The zero-order chi connectivity index (χ0) is 18.4. The molecule has 0 aliphatic heterocycles. The lowest BCUT2D eigenvalue weighted by molar-refractivity contribution is 0.594. The monoisotopic (exact) mass is 346 g/mol. The smallest absolute Gasteiger partial charge is 0.321 e. The molecule has 5 aromatic carbocycles. The van der Waals surface area contributed by atoms with Crippen molar-refractivity contribution in [2.75, 3.05) is 0 Å². The van der Waals surface area contributed by atoms with Crippen LogP contribution in [0.3, 0.4) is 0 Å². The first-order valence-electron chi connectivity index (χ1n) is 9.34. The van der Waals surface area contributed by atoms with Crippen LogP contribution in [0.15, 0.2) is 91.0 Å². The van der Waals surface area contributed by atoms with E-state index in [-0.39, 0.29) is 0 Å². The summed E-state index contributed by atoms with van der Waals surface area (Å²) in [5.41, 5.74) is 3.44. The molecule has 0 aromatic heterocycles.